The average Bonchev–Trinajstić information content (AvgIpc) is 3.03. The van der Waals surface area contributed by atoms with E-state index in [1.54, 1.807) is 36.4 Å². The first kappa shape index (κ1) is 18.5. The van der Waals surface area contributed by atoms with E-state index < -0.39 is 5.97 Å². The third-order valence-corrected chi connectivity index (χ3v) is 6.19. The zero-order valence-corrected chi connectivity index (χ0v) is 16.2. The second-order valence-corrected chi connectivity index (χ2v) is 7.94. The molecule has 1 aliphatic carbocycles. The summed E-state index contributed by atoms with van der Waals surface area (Å²) in [5.74, 6) is -1.71. The molecule has 6 nitrogen and oxygen atoms in total. The van der Waals surface area contributed by atoms with E-state index in [0.717, 1.165) is 25.7 Å². The topological polar surface area (TPSA) is 87.6 Å². The Labute approximate surface area is 173 Å². The molecule has 0 bridgehead atoms. The van der Waals surface area contributed by atoms with Gasteiger partial charge in [0.05, 0.1) is 34.3 Å². The van der Waals surface area contributed by atoms with E-state index in [9.17, 15) is 19.5 Å². The Morgan fingerprint density at radius 2 is 1.63 bits per heavy atom. The minimum Gasteiger partial charge on any atom is -0.478 e. The van der Waals surface area contributed by atoms with Crippen LogP contribution >= 0.6 is 0 Å². The second kappa shape index (κ2) is 7.06. The Bertz CT molecular complexity index is 1180. The van der Waals surface area contributed by atoms with Crippen LogP contribution in [-0.4, -0.2) is 27.9 Å². The number of hydrogen-bond acceptors (Lipinski definition) is 4. The molecule has 30 heavy (non-hydrogen) atoms. The third kappa shape index (κ3) is 2.87. The number of para-hydroxylation sites is 1. The fourth-order valence-corrected chi connectivity index (χ4v) is 4.72. The molecule has 2 heterocycles. The number of benzene rings is 2. The number of pyridine rings is 1. The van der Waals surface area contributed by atoms with Crippen LogP contribution in [-0.2, 0) is 9.59 Å². The van der Waals surface area contributed by atoms with Crippen molar-refractivity contribution in [1.29, 1.82) is 0 Å². The van der Waals surface area contributed by atoms with E-state index in [4.69, 9.17) is 0 Å². The van der Waals surface area contributed by atoms with E-state index in [1.807, 2.05) is 12.1 Å². The van der Waals surface area contributed by atoms with Gasteiger partial charge in [-0.3, -0.25) is 14.5 Å². The van der Waals surface area contributed by atoms with Crippen LogP contribution in [0, 0.1) is 11.8 Å². The fourth-order valence-electron chi connectivity index (χ4n) is 4.72. The summed E-state index contributed by atoms with van der Waals surface area (Å²) >= 11 is 0. The largest absolute Gasteiger partial charge is 0.478 e. The van der Waals surface area contributed by atoms with Gasteiger partial charge in [0.2, 0.25) is 11.8 Å². The first-order valence-corrected chi connectivity index (χ1v) is 10.2. The van der Waals surface area contributed by atoms with Crippen LogP contribution in [0.2, 0.25) is 0 Å². The maximum Gasteiger partial charge on any atom is 0.336 e. The van der Waals surface area contributed by atoms with Gasteiger partial charge in [-0.25, -0.2) is 9.78 Å². The molecule has 1 N–H and O–H groups in total. The first-order valence-electron chi connectivity index (χ1n) is 10.2. The second-order valence-electron chi connectivity index (χ2n) is 7.94. The maximum atomic E-state index is 12.9. The monoisotopic (exact) mass is 400 g/mol. The fraction of sp³-hybridized carbons (Fsp3) is 0.250. The SMILES string of the molecule is O=C(O)c1cc(-c2cccc(N3C(=O)[C@H]4CCCC[C@H]4C3=O)c2)nc2ccccc12. The molecule has 2 aliphatic rings. The van der Waals surface area contributed by atoms with Gasteiger partial charge < -0.3 is 5.11 Å². The summed E-state index contributed by atoms with van der Waals surface area (Å²) in [5.41, 5.74) is 2.42. The van der Waals surface area contributed by atoms with Gasteiger partial charge in [0, 0.05) is 10.9 Å². The number of hydrogen-bond donors (Lipinski definition) is 1. The van der Waals surface area contributed by atoms with Crippen molar-refractivity contribution in [2.75, 3.05) is 4.90 Å². The number of aromatic carboxylic acids is 1. The summed E-state index contributed by atoms with van der Waals surface area (Å²) in [5, 5.41) is 10.2. The van der Waals surface area contributed by atoms with Crippen molar-refractivity contribution < 1.29 is 19.5 Å². The quantitative estimate of drug-likeness (QED) is 0.663. The van der Waals surface area contributed by atoms with Gasteiger partial charge in [-0.15, -0.1) is 0 Å². The highest BCUT2D eigenvalue weighted by Crippen LogP contribution is 2.40. The lowest BCUT2D eigenvalue weighted by molar-refractivity contribution is -0.122. The molecule has 0 spiro atoms. The molecule has 2 amide bonds. The summed E-state index contributed by atoms with van der Waals surface area (Å²) in [6, 6.07) is 15.7. The van der Waals surface area contributed by atoms with Crippen molar-refractivity contribution in [3.8, 4) is 11.3 Å². The van der Waals surface area contributed by atoms with Crippen molar-refractivity contribution in [3.05, 3.63) is 60.2 Å². The smallest absolute Gasteiger partial charge is 0.336 e. The number of amides is 2. The number of carboxylic acids is 1. The Balaban J connectivity index is 1.58. The van der Waals surface area contributed by atoms with Crippen LogP contribution in [0.4, 0.5) is 5.69 Å². The van der Waals surface area contributed by atoms with Gasteiger partial charge in [-0.1, -0.05) is 43.2 Å². The molecule has 3 aromatic rings. The van der Waals surface area contributed by atoms with Crippen LogP contribution in [0.3, 0.4) is 0 Å². The molecule has 2 fully saturated rings. The Hall–Kier alpha value is -3.54. The van der Waals surface area contributed by atoms with Crippen molar-refractivity contribution in [2.24, 2.45) is 11.8 Å². The number of carbonyl (C=O) groups excluding carboxylic acids is 2. The molecule has 5 rings (SSSR count). The van der Waals surface area contributed by atoms with Crippen LogP contribution in [0.5, 0.6) is 0 Å². The molecule has 2 atom stereocenters. The summed E-state index contributed by atoms with van der Waals surface area (Å²) in [4.78, 5) is 43.6. The minimum atomic E-state index is -1.03. The molecule has 0 radical (unpaired) electrons. The van der Waals surface area contributed by atoms with Gasteiger partial charge in [-0.2, -0.15) is 0 Å². The predicted molar refractivity (Wildman–Crippen MR) is 112 cm³/mol. The third-order valence-electron chi connectivity index (χ3n) is 6.19. The van der Waals surface area contributed by atoms with E-state index in [1.165, 1.54) is 11.0 Å². The number of imide groups is 1. The lowest BCUT2D eigenvalue weighted by Crippen LogP contribution is -2.30. The molecule has 1 aromatic heterocycles. The van der Waals surface area contributed by atoms with Crippen molar-refractivity contribution in [1.82, 2.24) is 4.98 Å². The number of aromatic nitrogens is 1. The molecule has 0 unspecified atom stereocenters. The van der Waals surface area contributed by atoms with E-state index in [-0.39, 0.29) is 29.2 Å². The standard InChI is InChI=1S/C24H20N2O4/c27-22-17-9-1-2-10-18(17)23(28)26(22)15-7-5-6-14(12-15)21-13-19(24(29)30)16-8-3-4-11-20(16)25-21/h3-8,11-13,17-18H,1-2,9-10H2,(H,29,30)/t17-,18+. The summed E-state index contributed by atoms with van der Waals surface area (Å²) in [6.07, 6.45) is 3.49. The number of fused-ring (bicyclic) bond motifs is 2. The first-order chi connectivity index (χ1) is 14.5. The van der Waals surface area contributed by atoms with Gasteiger partial charge >= 0.3 is 5.97 Å². The van der Waals surface area contributed by atoms with E-state index >= 15 is 0 Å². The summed E-state index contributed by atoms with van der Waals surface area (Å²) in [7, 11) is 0. The van der Waals surface area contributed by atoms with Crippen molar-refractivity contribution >= 4 is 34.4 Å². The number of anilines is 1. The zero-order chi connectivity index (χ0) is 20.8. The van der Waals surface area contributed by atoms with Gasteiger partial charge in [-0.05, 0) is 37.1 Å². The highest BCUT2D eigenvalue weighted by atomic mass is 16.4. The molecule has 1 saturated carbocycles. The van der Waals surface area contributed by atoms with E-state index in [2.05, 4.69) is 4.98 Å². The van der Waals surface area contributed by atoms with Crippen molar-refractivity contribution in [2.45, 2.75) is 25.7 Å². The molecule has 1 saturated heterocycles. The Morgan fingerprint density at radius 1 is 0.933 bits per heavy atom. The molecule has 2 aromatic carbocycles. The van der Waals surface area contributed by atoms with Gasteiger partial charge in [0.1, 0.15) is 0 Å². The lowest BCUT2D eigenvalue weighted by atomic mass is 9.81. The van der Waals surface area contributed by atoms with Crippen LogP contribution in [0.25, 0.3) is 22.2 Å². The number of nitrogens with zero attached hydrogens (tertiary/aromatic N) is 2. The van der Waals surface area contributed by atoms with E-state index in [0.29, 0.717) is 27.8 Å². The normalized spacial score (nSPS) is 21.1. The number of carboxylic acid groups (broad SMARTS) is 1. The molecular weight excluding hydrogens is 380 g/mol. The summed E-state index contributed by atoms with van der Waals surface area (Å²) in [6.45, 7) is 0. The maximum absolute atomic E-state index is 12.9. The molecule has 150 valence electrons. The zero-order valence-electron chi connectivity index (χ0n) is 16.2. The number of rotatable bonds is 3. The molecular formula is C24H20N2O4. The molecule has 6 heteroatoms. The minimum absolute atomic E-state index is 0.125. The van der Waals surface area contributed by atoms with Crippen molar-refractivity contribution in [3.63, 3.8) is 0 Å². The highest BCUT2D eigenvalue weighted by molar-refractivity contribution is 6.22. The number of carbonyl (C=O) groups is 3. The van der Waals surface area contributed by atoms with Crippen LogP contribution in [0.15, 0.2) is 54.6 Å². The lowest BCUT2D eigenvalue weighted by Gasteiger charge is -2.19. The van der Waals surface area contributed by atoms with Crippen LogP contribution in [0.1, 0.15) is 36.0 Å². The van der Waals surface area contributed by atoms with Gasteiger partial charge in [0.25, 0.3) is 0 Å². The highest BCUT2D eigenvalue weighted by Gasteiger charge is 2.48. The molecule has 1 aliphatic heterocycles. The Morgan fingerprint density at radius 3 is 2.33 bits per heavy atom. The predicted octanol–water partition coefficient (Wildman–Crippen LogP) is 4.28. The average molecular weight is 400 g/mol. The van der Waals surface area contributed by atoms with Crippen LogP contribution < -0.4 is 4.90 Å². The Kier molecular flexibility index (Phi) is 4.35. The summed E-state index contributed by atoms with van der Waals surface area (Å²) < 4.78 is 0. The van der Waals surface area contributed by atoms with Gasteiger partial charge in [0.15, 0.2) is 0 Å².